The molecule has 1 atom stereocenters. The molecule has 2 aliphatic heterocycles. The van der Waals surface area contributed by atoms with Crippen molar-refractivity contribution in [2.24, 2.45) is 0 Å². The second kappa shape index (κ2) is 9.21. The fraction of sp³-hybridized carbons (Fsp3) is 0.526. The highest BCUT2D eigenvalue weighted by atomic mass is 32.2. The van der Waals surface area contributed by atoms with E-state index >= 15 is 0 Å². The lowest BCUT2D eigenvalue weighted by Crippen LogP contribution is -2.40. The first-order chi connectivity index (χ1) is 14.5. The summed E-state index contributed by atoms with van der Waals surface area (Å²) >= 11 is 0. The van der Waals surface area contributed by atoms with Gasteiger partial charge in [0.25, 0.3) is 0 Å². The van der Waals surface area contributed by atoms with Crippen LogP contribution in [0.2, 0.25) is 0 Å². The fourth-order valence-corrected chi connectivity index (χ4v) is 5.29. The minimum atomic E-state index is -3.54. The normalized spacial score (nSPS) is 21.4. The number of aromatic amines is 1. The smallest absolute Gasteiger partial charge is 0.243 e. The Kier molecular flexibility index (Phi) is 6.42. The van der Waals surface area contributed by atoms with Gasteiger partial charge in [-0.3, -0.25) is 14.8 Å². The number of aromatic nitrogens is 3. The predicted octanol–water partition coefficient (Wildman–Crippen LogP) is 0.644. The van der Waals surface area contributed by atoms with Gasteiger partial charge in [-0.1, -0.05) is 0 Å². The van der Waals surface area contributed by atoms with E-state index < -0.39 is 10.0 Å². The van der Waals surface area contributed by atoms with E-state index in [-0.39, 0.29) is 23.3 Å². The van der Waals surface area contributed by atoms with E-state index in [9.17, 15) is 13.2 Å². The van der Waals surface area contributed by atoms with Crippen LogP contribution >= 0.6 is 0 Å². The summed E-state index contributed by atoms with van der Waals surface area (Å²) in [5.41, 5.74) is 0.574. The molecule has 3 heterocycles. The van der Waals surface area contributed by atoms with Crippen LogP contribution in [-0.4, -0.2) is 84.6 Å². The number of hydrogen-bond donors (Lipinski definition) is 2. The van der Waals surface area contributed by atoms with Gasteiger partial charge in [0.2, 0.25) is 15.9 Å². The van der Waals surface area contributed by atoms with Crippen LogP contribution in [0, 0.1) is 0 Å². The summed E-state index contributed by atoms with van der Waals surface area (Å²) in [6.07, 6.45) is 3.52. The molecule has 0 aliphatic carbocycles. The quantitative estimate of drug-likeness (QED) is 0.685. The van der Waals surface area contributed by atoms with E-state index in [2.05, 4.69) is 25.4 Å². The van der Waals surface area contributed by atoms with Gasteiger partial charge in [-0.2, -0.15) is 9.40 Å². The van der Waals surface area contributed by atoms with E-state index in [4.69, 9.17) is 4.74 Å². The molecule has 4 rings (SSSR count). The maximum atomic E-state index is 12.7. The van der Waals surface area contributed by atoms with Crippen LogP contribution in [0.5, 0.6) is 0 Å². The molecule has 2 aliphatic rings. The Morgan fingerprint density at radius 1 is 1.20 bits per heavy atom. The number of nitrogens with one attached hydrogen (secondary N) is 2. The summed E-state index contributed by atoms with van der Waals surface area (Å²) in [5.74, 6) is 0.980. The number of nitrogens with zero attached hydrogens (tertiary/aromatic N) is 4. The standard InChI is InChI=1S/C19H26N6O4S/c26-18(13-24-7-1-2-15(12-24)19-20-14-21-23-19)22-16-3-5-17(6-4-16)30(27,28)25-8-10-29-11-9-25/h3-6,14-15H,1-2,7-13H2,(H,22,26)(H,20,21,23). The number of morpholine rings is 1. The average molecular weight is 435 g/mol. The number of sulfonamides is 1. The number of amides is 1. The lowest BCUT2D eigenvalue weighted by atomic mass is 9.97. The minimum absolute atomic E-state index is 0.128. The van der Waals surface area contributed by atoms with Gasteiger partial charge in [0.05, 0.1) is 24.7 Å². The number of benzene rings is 1. The van der Waals surface area contributed by atoms with Crippen LogP contribution in [0.1, 0.15) is 24.6 Å². The highest BCUT2D eigenvalue weighted by Gasteiger charge is 2.27. The first kappa shape index (κ1) is 20.9. The molecule has 0 bridgehead atoms. The van der Waals surface area contributed by atoms with Crippen LogP contribution in [0.3, 0.4) is 0 Å². The monoisotopic (exact) mass is 434 g/mol. The molecule has 2 aromatic rings. The molecule has 2 N–H and O–H groups in total. The number of carbonyl (C=O) groups is 1. The SMILES string of the molecule is O=C(CN1CCCC(c2ncn[nH]2)C1)Nc1ccc(S(=O)(=O)N2CCOCC2)cc1. The van der Waals surface area contributed by atoms with Crippen LogP contribution in [0.25, 0.3) is 0 Å². The molecule has 11 heteroatoms. The molecule has 1 unspecified atom stereocenters. The second-order valence-electron chi connectivity index (χ2n) is 7.53. The van der Waals surface area contributed by atoms with Gasteiger partial charge in [0.1, 0.15) is 12.2 Å². The van der Waals surface area contributed by atoms with Crippen molar-refractivity contribution < 1.29 is 17.9 Å². The Morgan fingerprint density at radius 2 is 1.97 bits per heavy atom. The molecule has 1 aromatic carbocycles. The summed E-state index contributed by atoms with van der Waals surface area (Å²) in [4.78, 5) is 19.0. The Balaban J connectivity index is 1.32. The summed E-state index contributed by atoms with van der Waals surface area (Å²) in [7, 11) is -3.54. The second-order valence-corrected chi connectivity index (χ2v) is 9.47. The molecule has 2 fully saturated rings. The summed E-state index contributed by atoms with van der Waals surface area (Å²) in [5, 5.41) is 9.67. The van der Waals surface area contributed by atoms with Crippen LogP contribution in [0.15, 0.2) is 35.5 Å². The van der Waals surface area contributed by atoms with Crippen LogP contribution < -0.4 is 5.32 Å². The van der Waals surface area contributed by atoms with Gasteiger partial charge in [0, 0.05) is 31.2 Å². The summed E-state index contributed by atoms with van der Waals surface area (Å²) in [6, 6.07) is 6.31. The van der Waals surface area contributed by atoms with Gasteiger partial charge >= 0.3 is 0 Å². The molecule has 0 spiro atoms. The van der Waals surface area contributed by atoms with Crippen molar-refractivity contribution in [3.05, 3.63) is 36.4 Å². The Morgan fingerprint density at radius 3 is 2.67 bits per heavy atom. The zero-order valence-corrected chi connectivity index (χ0v) is 17.5. The van der Waals surface area contributed by atoms with Crippen molar-refractivity contribution in [3.8, 4) is 0 Å². The van der Waals surface area contributed by atoms with E-state index in [0.29, 0.717) is 32.0 Å². The fourth-order valence-electron chi connectivity index (χ4n) is 3.88. The third-order valence-electron chi connectivity index (χ3n) is 5.44. The lowest BCUT2D eigenvalue weighted by molar-refractivity contribution is -0.117. The Labute approximate surface area is 175 Å². The topological polar surface area (TPSA) is 121 Å². The van der Waals surface area contributed by atoms with E-state index in [1.54, 1.807) is 12.1 Å². The molecule has 30 heavy (non-hydrogen) atoms. The molecule has 162 valence electrons. The van der Waals surface area contributed by atoms with Gasteiger partial charge in [-0.05, 0) is 43.7 Å². The molecular formula is C19H26N6O4S. The molecule has 2 saturated heterocycles. The van der Waals surface area contributed by atoms with Crippen molar-refractivity contribution in [1.29, 1.82) is 0 Å². The number of likely N-dealkylation sites (tertiary alicyclic amines) is 1. The largest absolute Gasteiger partial charge is 0.379 e. The highest BCUT2D eigenvalue weighted by Crippen LogP contribution is 2.24. The number of H-pyrrole nitrogens is 1. The first-order valence-corrected chi connectivity index (χ1v) is 11.5. The molecule has 0 saturated carbocycles. The Bertz CT molecular complexity index is 942. The summed E-state index contributed by atoms with van der Waals surface area (Å²) in [6.45, 7) is 3.40. The number of anilines is 1. The maximum Gasteiger partial charge on any atom is 0.243 e. The number of ether oxygens (including phenoxy) is 1. The van der Waals surface area contributed by atoms with Crippen molar-refractivity contribution >= 4 is 21.6 Å². The van der Waals surface area contributed by atoms with Crippen LogP contribution in [-0.2, 0) is 19.6 Å². The zero-order chi connectivity index (χ0) is 21.0. The molecule has 1 aromatic heterocycles. The number of hydrogen-bond acceptors (Lipinski definition) is 7. The van der Waals surface area contributed by atoms with Gasteiger partial charge in [0.15, 0.2) is 0 Å². The maximum absolute atomic E-state index is 12.7. The molecule has 0 radical (unpaired) electrons. The van der Waals surface area contributed by atoms with Crippen LogP contribution in [0.4, 0.5) is 5.69 Å². The molecule has 1 amide bonds. The van der Waals surface area contributed by atoms with Crippen molar-refractivity contribution in [3.63, 3.8) is 0 Å². The average Bonchev–Trinajstić information content (AvgIpc) is 3.30. The molecular weight excluding hydrogens is 408 g/mol. The van der Waals surface area contributed by atoms with Gasteiger partial charge < -0.3 is 10.1 Å². The lowest BCUT2D eigenvalue weighted by Gasteiger charge is -2.31. The van der Waals surface area contributed by atoms with E-state index in [1.165, 1.54) is 22.8 Å². The van der Waals surface area contributed by atoms with Gasteiger partial charge in [-0.15, -0.1) is 0 Å². The summed E-state index contributed by atoms with van der Waals surface area (Å²) < 4.78 is 32.0. The molecule has 10 nitrogen and oxygen atoms in total. The highest BCUT2D eigenvalue weighted by molar-refractivity contribution is 7.89. The number of carbonyl (C=O) groups excluding carboxylic acids is 1. The van der Waals surface area contributed by atoms with Gasteiger partial charge in [-0.25, -0.2) is 13.4 Å². The number of rotatable bonds is 6. The van der Waals surface area contributed by atoms with E-state index in [0.717, 1.165) is 31.8 Å². The first-order valence-electron chi connectivity index (χ1n) is 10.1. The predicted molar refractivity (Wildman–Crippen MR) is 109 cm³/mol. The van der Waals surface area contributed by atoms with Crippen molar-refractivity contribution in [1.82, 2.24) is 24.4 Å². The minimum Gasteiger partial charge on any atom is -0.379 e. The Hall–Kier alpha value is -2.34. The zero-order valence-electron chi connectivity index (χ0n) is 16.7. The third-order valence-corrected chi connectivity index (χ3v) is 7.35. The van der Waals surface area contributed by atoms with Crippen molar-refractivity contribution in [2.45, 2.75) is 23.7 Å². The number of piperidine rings is 1. The van der Waals surface area contributed by atoms with Crippen molar-refractivity contribution in [2.75, 3.05) is 51.3 Å². The third kappa shape index (κ3) is 4.86. The van der Waals surface area contributed by atoms with E-state index in [1.807, 2.05) is 0 Å².